The number of carboxylic acids is 1. The molecule has 0 unspecified atom stereocenters. The lowest BCUT2D eigenvalue weighted by Gasteiger charge is -2.18. The summed E-state index contributed by atoms with van der Waals surface area (Å²) in [5.41, 5.74) is 1.43. The number of benzene rings is 1. The number of carbonyl (C=O) groups is 1. The van der Waals surface area contributed by atoms with Gasteiger partial charge in [-0.05, 0) is 43.2 Å². The summed E-state index contributed by atoms with van der Waals surface area (Å²) in [5, 5.41) is 9.06. The van der Waals surface area contributed by atoms with Gasteiger partial charge in [-0.1, -0.05) is 6.07 Å². The smallest absolute Gasteiger partial charge is 0.335 e. The Labute approximate surface area is 126 Å². The van der Waals surface area contributed by atoms with Gasteiger partial charge in [0.15, 0.2) is 0 Å². The Hall–Kier alpha value is -1.86. The minimum atomic E-state index is -3.61. The number of hydrogen-bond donors (Lipinski definition) is 1. The molecule has 0 amide bonds. The van der Waals surface area contributed by atoms with E-state index in [4.69, 9.17) is 5.11 Å². The molecule has 0 fully saturated rings. The van der Waals surface area contributed by atoms with Crippen molar-refractivity contribution < 1.29 is 18.3 Å². The van der Waals surface area contributed by atoms with E-state index in [1.807, 2.05) is 6.92 Å². The highest BCUT2D eigenvalue weighted by atomic mass is 32.2. The maximum atomic E-state index is 12.7. The molecule has 0 spiro atoms. The van der Waals surface area contributed by atoms with Gasteiger partial charge in [-0.15, -0.1) is 11.3 Å². The lowest BCUT2D eigenvalue weighted by molar-refractivity contribution is 0.0697. The molecule has 0 aliphatic carbocycles. The van der Waals surface area contributed by atoms with Gasteiger partial charge >= 0.3 is 5.97 Å². The topological polar surface area (TPSA) is 74.7 Å². The number of sulfonamides is 1. The van der Waals surface area contributed by atoms with Gasteiger partial charge in [-0.25, -0.2) is 13.2 Å². The van der Waals surface area contributed by atoms with Gasteiger partial charge in [-0.2, -0.15) is 0 Å². The monoisotopic (exact) mass is 323 g/mol. The molecule has 0 radical (unpaired) electrons. The third-order valence-electron chi connectivity index (χ3n) is 3.45. The first-order valence-corrected chi connectivity index (χ1v) is 8.60. The number of anilines is 1. The van der Waals surface area contributed by atoms with E-state index in [0.29, 0.717) is 18.7 Å². The molecule has 0 atom stereocenters. The molecule has 2 aromatic rings. The highest BCUT2D eigenvalue weighted by Crippen LogP contribution is 2.35. The number of thiophene rings is 1. The summed E-state index contributed by atoms with van der Waals surface area (Å²) in [7, 11) is -3.61. The van der Waals surface area contributed by atoms with Crippen molar-refractivity contribution in [3.63, 3.8) is 0 Å². The van der Waals surface area contributed by atoms with Crippen LogP contribution < -0.4 is 4.31 Å². The summed E-state index contributed by atoms with van der Waals surface area (Å²) in [6, 6.07) is 7.99. The van der Waals surface area contributed by atoms with Crippen LogP contribution in [0.4, 0.5) is 5.69 Å². The molecule has 0 bridgehead atoms. The van der Waals surface area contributed by atoms with Crippen molar-refractivity contribution in [2.75, 3.05) is 10.8 Å². The quantitative estimate of drug-likeness (QED) is 0.942. The molecule has 1 aliphatic rings. The maximum Gasteiger partial charge on any atom is 0.335 e. The Bertz CT molecular complexity index is 823. The van der Waals surface area contributed by atoms with E-state index in [9.17, 15) is 13.2 Å². The molecule has 1 aromatic heterocycles. The minimum Gasteiger partial charge on any atom is -0.478 e. The average molecular weight is 323 g/mol. The van der Waals surface area contributed by atoms with Gasteiger partial charge in [0, 0.05) is 11.4 Å². The van der Waals surface area contributed by atoms with Crippen molar-refractivity contribution in [3.05, 3.63) is 46.3 Å². The van der Waals surface area contributed by atoms with Gasteiger partial charge in [-0.3, -0.25) is 4.31 Å². The van der Waals surface area contributed by atoms with Crippen molar-refractivity contribution in [2.45, 2.75) is 17.6 Å². The van der Waals surface area contributed by atoms with Crippen molar-refractivity contribution in [3.8, 4) is 0 Å². The number of rotatable bonds is 3. The molecule has 7 heteroatoms. The predicted molar refractivity (Wildman–Crippen MR) is 80.7 cm³/mol. The molecule has 0 saturated heterocycles. The first-order chi connectivity index (χ1) is 9.89. The van der Waals surface area contributed by atoms with Crippen molar-refractivity contribution in [1.82, 2.24) is 0 Å². The van der Waals surface area contributed by atoms with E-state index in [1.54, 1.807) is 18.2 Å². The van der Waals surface area contributed by atoms with Gasteiger partial charge in [0.1, 0.15) is 4.21 Å². The Kier molecular flexibility index (Phi) is 3.26. The zero-order valence-corrected chi connectivity index (χ0v) is 12.9. The summed E-state index contributed by atoms with van der Waals surface area (Å²) in [6.45, 7) is 2.20. The fourth-order valence-corrected chi connectivity index (χ4v) is 5.28. The second-order valence-electron chi connectivity index (χ2n) is 4.84. The summed E-state index contributed by atoms with van der Waals surface area (Å²) in [6.07, 6.45) is 0.596. The van der Waals surface area contributed by atoms with Gasteiger partial charge in [0.2, 0.25) is 0 Å². The zero-order valence-electron chi connectivity index (χ0n) is 11.2. The van der Waals surface area contributed by atoms with E-state index >= 15 is 0 Å². The first-order valence-electron chi connectivity index (χ1n) is 6.35. The van der Waals surface area contributed by atoms with Crippen LogP contribution >= 0.6 is 11.3 Å². The van der Waals surface area contributed by atoms with Crippen LogP contribution in [-0.2, 0) is 16.4 Å². The van der Waals surface area contributed by atoms with Crippen LogP contribution in [-0.4, -0.2) is 26.0 Å². The predicted octanol–water partition coefficient (Wildman–Crippen LogP) is 2.51. The van der Waals surface area contributed by atoms with Crippen LogP contribution in [0.1, 0.15) is 20.8 Å². The molecule has 0 saturated carbocycles. The standard InChI is InChI=1S/C14H13NO4S2/c1-9-2-5-13(20-9)21(18,19)15-7-6-10-3-4-11(14(16)17)8-12(10)15/h2-5,8H,6-7H2,1H3,(H,16,17). The Morgan fingerprint density at radius 3 is 2.67 bits per heavy atom. The molecule has 3 rings (SSSR count). The zero-order chi connectivity index (χ0) is 15.2. The number of aryl methyl sites for hydroxylation is 1. The van der Waals surface area contributed by atoms with Gasteiger partial charge < -0.3 is 5.11 Å². The van der Waals surface area contributed by atoms with Crippen LogP contribution in [0.15, 0.2) is 34.5 Å². The summed E-state index contributed by atoms with van der Waals surface area (Å²) >= 11 is 1.22. The highest BCUT2D eigenvalue weighted by Gasteiger charge is 2.32. The van der Waals surface area contributed by atoms with Crippen molar-refractivity contribution in [1.29, 1.82) is 0 Å². The Morgan fingerprint density at radius 1 is 1.29 bits per heavy atom. The lowest BCUT2D eigenvalue weighted by atomic mass is 10.1. The summed E-state index contributed by atoms with van der Waals surface area (Å²) in [4.78, 5) is 12.0. The Morgan fingerprint density at radius 2 is 2.05 bits per heavy atom. The maximum absolute atomic E-state index is 12.7. The third kappa shape index (κ3) is 2.32. The van der Waals surface area contributed by atoms with E-state index in [2.05, 4.69) is 0 Å². The second-order valence-corrected chi connectivity index (χ2v) is 8.22. The van der Waals surface area contributed by atoms with Crippen molar-refractivity contribution in [2.24, 2.45) is 0 Å². The first kappa shape index (κ1) is 14.1. The molecular weight excluding hydrogens is 310 g/mol. The molecule has 1 N–H and O–H groups in total. The van der Waals surface area contributed by atoms with Crippen LogP contribution in [0.3, 0.4) is 0 Å². The number of carboxylic acid groups (broad SMARTS) is 1. The molecule has 1 aromatic carbocycles. The summed E-state index contributed by atoms with van der Waals surface area (Å²) in [5.74, 6) is -1.06. The second kappa shape index (κ2) is 4.85. The van der Waals surface area contributed by atoms with Crippen molar-refractivity contribution >= 4 is 33.0 Å². The fraction of sp³-hybridized carbons (Fsp3) is 0.214. The Balaban J connectivity index is 2.08. The molecule has 21 heavy (non-hydrogen) atoms. The van der Waals surface area contributed by atoms with Gasteiger partial charge in [0.05, 0.1) is 11.3 Å². The highest BCUT2D eigenvalue weighted by molar-refractivity contribution is 7.94. The van der Waals surface area contributed by atoms with E-state index in [1.165, 1.54) is 27.8 Å². The number of nitrogens with zero attached hydrogens (tertiary/aromatic N) is 1. The van der Waals surface area contributed by atoms with Crippen LogP contribution in [0.25, 0.3) is 0 Å². The molecule has 1 aliphatic heterocycles. The van der Waals surface area contributed by atoms with E-state index in [0.717, 1.165) is 10.4 Å². The minimum absolute atomic E-state index is 0.0956. The normalized spacial score (nSPS) is 14.2. The summed E-state index contributed by atoms with van der Waals surface area (Å²) < 4.78 is 27.0. The lowest BCUT2D eigenvalue weighted by Crippen LogP contribution is -2.28. The molecular formula is C14H13NO4S2. The molecule has 110 valence electrons. The largest absolute Gasteiger partial charge is 0.478 e. The molecule has 5 nitrogen and oxygen atoms in total. The third-order valence-corrected chi connectivity index (χ3v) is 6.73. The van der Waals surface area contributed by atoms with Crippen LogP contribution in [0, 0.1) is 6.92 Å². The van der Waals surface area contributed by atoms with Crippen LogP contribution in [0.2, 0.25) is 0 Å². The number of fused-ring (bicyclic) bond motifs is 1. The van der Waals surface area contributed by atoms with E-state index in [-0.39, 0.29) is 9.77 Å². The van der Waals surface area contributed by atoms with Crippen LogP contribution in [0.5, 0.6) is 0 Å². The SMILES string of the molecule is Cc1ccc(S(=O)(=O)N2CCc3ccc(C(=O)O)cc32)s1. The fourth-order valence-electron chi connectivity index (χ4n) is 2.39. The number of hydrogen-bond acceptors (Lipinski definition) is 4. The van der Waals surface area contributed by atoms with E-state index < -0.39 is 16.0 Å². The number of aromatic carboxylic acids is 1. The molecule has 2 heterocycles. The van der Waals surface area contributed by atoms with Gasteiger partial charge in [0.25, 0.3) is 10.0 Å². The average Bonchev–Trinajstić information content (AvgIpc) is 3.04.